The maximum atomic E-state index is 13.5. The van der Waals surface area contributed by atoms with Crippen molar-refractivity contribution in [1.82, 2.24) is 15.3 Å². The Morgan fingerprint density at radius 2 is 2.03 bits per heavy atom. The van der Waals surface area contributed by atoms with Crippen LogP contribution in [-0.4, -0.2) is 34.2 Å². The number of thiocarbonyl (C=S) groups is 1. The molecule has 1 aromatic carbocycles. The lowest BCUT2D eigenvalue weighted by molar-refractivity contribution is 0.462. The molecule has 4 rings (SSSR count). The van der Waals surface area contributed by atoms with Gasteiger partial charge in [0.05, 0.1) is 11.9 Å². The van der Waals surface area contributed by atoms with Crippen molar-refractivity contribution in [3.8, 4) is 11.5 Å². The minimum Gasteiger partial charge on any atom is -0.456 e. The highest BCUT2D eigenvalue weighted by molar-refractivity contribution is 7.80. The van der Waals surface area contributed by atoms with Gasteiger partial charge in [0.15, 0.2) is 16.7 Å². The molecule has 0 radical (unpaired) electrons. The smallest absolute Gasteiger partial charge is 0.171 e. The number of aromatic nitrogens is 2. The van der Waals surface area contributed by atoms with Crippen molar-refractivity contribution >= 4 is 40.4 Å². The third-order valence-corrected chi connectivity index (χ3v) is 5.82. The summed E-state index contributed by atoms with van der Waals surface area (Å²) in [6.45, 7) is 3.25. The molecule has 0 aliphatic carbocycles. The van der Waals surface area contributed by atoms with Gasteiger partial charge in [0.2, 0.25) is 0 Å². The van der Waals surface area contributed by atoms with Crippen LogP contribution in [0.4, 0.5) is 15.9 Å². The fraction of sp³-hybridized carbons (Fsp3) is 0.261. The van der Waals surface area contributed by atoms with E-state index in [4.69, 9.17) is 28.6 Å². The van der Waals surface area contributed by atoms with Crippen LogP contribution in [0.25, 0.3) is 0 Å². The molecule has 1 fully saturated rings. The van der Waals surface area contributed by atoms with Crippen molar-refractivity contribution in [3.05, 3.63) is 71.4 Å². The van der Waals surface area contributed by atoms with Gasteiger partial charge in [-0.1, -0.05) is 11.6 Å². The molecular formula is C23H23ClFN5OS. The normalized spacial score (nSPS) is 14.2. The molecule has 2 aromatic heterocycles. The Bertz CT molecular complexity index is 1090. The Kier molecular flexibility index (Phi) is 7.02. The number of nitrogens with one attached hydrogen (secondary N) is 2. The van der Waals surface area contributed by atoms with Gasteiger partial charge in [-0.15, -0.1) is 0 Å². The molecule has 166 valence electrons. The number of hydrogen-bond acceptors (Lipinski definition) is 5. The van der Waals surface area contributed by atoms with Crippen LogP contribution in [-0.2, 0) is 0 Å². The minimum atomic E-state index is -0.273. The van der Waals surface area contributed by atoms with E-state index in [9.17, 15) is 4.39 Å². The molecule has 32 heavy (non-hydrogen) atoms. The molecular weight excluding hydrogens is 449 g/mol. The van der Waals surface area contributed by atoms with Gasteiger partial charge in [-0.2, -0.15) is 0 Å². The molecule has 1 saturated heterocycles. The summed E-state index contributed by atoms with van der Waals surface area (Å²) in [7, 11) is 0. The molecule has 1 aliphatic heterocycles. The van der Waals surface area contributed by atoms with E-state index in [1.165, 1.54) is 6.07 Å². The van der Waals surface area contributed by atoms with Crippen molar-refractivity contribution in [2.75, 3.05) is 23.3 Å². The Morgan fingerprint density at radius 3 is 2.75 bits per heavy atom. The third-order valence-electron chi connectivity index (χ3n) is 5.24. The molecule has 2 N–H and O–H groups in total. The lowest BCUT2D eigenvalue weighted by Crippen LogP contribution is -2.46. The fourth-order valence-corrected chi connectivity index (χ4v) is 4.10. The van der Waals surface area contributed by atoms with Gasteiger partial charge in [0, 0.05) is 37.6 Å². The first-order valence-corrected chi connectivity index (χ1v) is 11.1. The SMILES string of the molecule is Cc1cc(Oc2ccnc(N3CCC(NC(=S)Nc4cccnc4)CC3)c2Cl)ccc1F. The summed E-state index contributed by atoms with van der Waals surface area (Å²) in [5.41, 5.74) is 1.37. The van der Waals surface area contributed by atoms with Crippen molar-refractivity contribution in [1.29, 1.82) is 0 Å². The van der Waals surface area contributed by atoms with Crippen molar-refractivity contribution in [2.24, 2.45) is 0 Å². The van der Waals surface area contributed by atoms with Gasteiger partial charge in [-0.25, -0.2) is 9.37 Å². The Labute approximate surface area is 196 Å². The number of benzene rings is 1. The average Bonchev–Trinajstić information content (AvgIpc) is 2.79. The summed E-state index contributed by atoms with van der Waals surface area (Å²) in [5, 5.41) is 7.54. The lowest BCUT2D eigenvalue weighted by Gasteiger charge is -2.34. The number of aryl methyl sites for hydroxylation is 1. The van der Waals surface area contributed by atoms with E-state index in [1.54, 1.807) is 43.7 Å². The molecule has 3 heterocycles. The zero-order valence-corrected chi connectivity index (χ0v) is 19.1. The Balaban J connectivity index is 1.35. The lowest BCUT2D eigenvalue weighted by atomic mass is 10.1. The van der Waals surface area contributed by atoms with Crippen LogP contribution in [0, 0.1) is 12.7 Å². The highest BCUT2D eigenvalue weighted by Gasteiger charge is 2.23. The first-order chi connectivity index (χ1) is 15.5. The zero-order valence-electron chi connectivity index (χ0n) is 17.5. The summed E-state index contributed by atoms with van der Waals surface area (Å²) in [6, 6.07) is 10.3. The number of anilines is 2. The molecule has 0 unspecified atom stereocenters. The van der Waals surface area contributed by atoms with Crippen molar-refractivity contribution < 1.29 is 9.13 Å². The van der Waals surface area contributed by atoms with Gasteiger partial charge in [-0.05, 0) is 67.9 Å². The summed E-state index contributed by atoms with van der Waals surface area (Å²) in [5.74, 6) is 1.42. The maximum absolute atomic E-state index is 13.5. The standard InChI is InChI=1S/C23H23ClFN5OS/c1-15-13-18(4-5-19(15)25)31-20-6-10-27-22(21(20)24)30-11-7-16(8-12-30)28-23(32)29-17-3-2-9-26-14-17/h2-6,9-10,13-14,16H,7-8,11-12H2,1H3,(H2,28,29,32). The molecule has 0 bridgehead atoms. The molecule has 1 aliphatic rings. The summed E-state index contributed by atoms with van der Waals surface area (Å²) in [4.78, 5) is 10.7. The van der Waals surface area contributed by atoms with Gasteiger partial charge in [0.1, 0.15) is 16.6 Å². The predicted molar refractivity (Wildman–Crippen MR) is 129 cm³/mol. The van der Waals surface area contributed by atoms with E-state index in [0.717, 1.165) is 31.6 Å². The van der Waals surface area contributed by atoms with Crippen LogP contribution in [0.5, 0.6) is 11.5 Å². The van der Waals surface area contributed by atoms with Crippen LogP contribution in [0.15, 0.2) is 55.0 Å². The zero-order chi connectivity index (χ0) is 22.5. The molecule has 0 saturated carbocycles. The third kappa shape index (κ3) is 5.44. The van der Waals surface area contributed by atoms with Crippen LogP contribution in [0.1, 0.15) is 18.4 Å². The molecule has 0 spiro atoms. The van der Waals surface area contributed by atoms with Crippen LogP contribution in [0.2, 0.25) is 5.02 Å². The molecule has 9 heteroatoms. The number of rotatable bonds is 5. The van der Waals surface area contributed by atoms with Crippen LogP contribution in [0.3, 0.4) is 0 Å². The number of ether oxygens (including phenoxy) is 1. The van der Waals surface area contributed by atoms with E-state index in [0.29, 0.717) is 33.0 Å². The van der Waals surface area contributed by atoms with Crippen molar-refractivity contribution in [2.45, 2.75) is 25.8 Å². The molecule has 3 aromatic rings. The Morgan fingerprint density at radius 1 is 1.22 bits per heavy atom. The second-order valence-electron chi connectivity index (χ2n) is 7.56. The van der Waals surface area contributed by atoms with E-state index in [-0.39, 0.29) is 11.9 Å². The minimum absolute atomic E-state index is 0.253. The summed E-state index contributed by atoms with van der Waals surface area (Å²) in [6.07, 6.45) is 6.89. The van der Waals surface area contributed by atoms with Gasteiger partial charge in [0.25, 0.3) is 0 Å². The molecule has 6 nitrogen and oxygen atoms in total. The van der Waals surface area contributed by atoms with Gasteiger partial charge in [-0.3, -0.25) is 4.98 Å². The second-order valence-corrected chi connectivity index (χ2v) is 8.35. The van der Waals surface area contributed by atoms with E-state index in [2.05, 4.69) is 25.5 Å². The number of hydrogen-bond donors (Lipinski definition) is 2. The van der Waals surface area contributed by atoms with E-state index < -0.39 is 0 Å². The monoisotopic (exact) mass is 471 g/mol. The predicted octanol–water partition coefficient (Wildman–Crippen LogP) is 5.33. The van der Waals surface area contributed by atoms with Crippen LogP contribution < -0.4 is 20.3 Å². The highest BCUT2D eigenvalue weighted by Crippen LogP contribution is 2.36. The first-order valence-electron chi connectivity index (χ1n) is 10.3. The topological polar surface area (TPSA) is 62.3 Å². The van der Waals surface area contributed by atoms with Gasteiger partial charge >= 0.3 is 0 Å². The number of nitrogens with zero attached hydrogens (tertiary/aromatic N) is 3. The van der Waals surface area contributed by atoms with Gasteiger partial charge < -0.3 is 20.3 Å². The maximum Gasteiger partial charge on any atom is 0.171 e. The summed E-state index contributed by atoms with van der Waals surface area (Å²) >= 11 is 12.0. The average molecular weight is 472 g/mol. The second kappa shape index (κ2) is 10.1. The molecule has 0 amide bonds. The highest BCUT2D eigenvalue weighted by atomic mass is 35.5. The molecule has 0 atom stereocenters. The number of halogens is 2. The Hall–Kier alpha value is -2.97. The number of pyridine rings is 2. The van der Waals surface area contributed by atoms with E-state index >= 15 is 0 Å². The summed E-state index contributed by atoms with van der Waals surface area (Å²) < 4.78 is 19.4. The van der Waals surface area contributed by atoms with Crippen LogP contribution >= 0.6 is 23.8 Å². The van der Waals surface area contributed by atoms with E-state index in [1.807, 2.05) is 12.1 Å². The van der Waals surface area contributed by atoms with Crippen molar-refractivity contribution in [3.63, 3.8) is 0 Å². The quantitative estimate of drug-likeness (QED) is 0.488. The first kappa shape index (κ1) is 22.2. The fourth-order valence-electron chi connectivity index (χ4n) is 3.55. The number of piperidine rings is 1. The largest absolute Gasteiger partial charge is 0.456 e.